The molecule has 3 heteroatoms. The van der Waals surface area contributed by atoms with E-state index in [0.717, 1.165) is 25.3 Å². The number of nitrogens with zero attached hydrogens (tertiary/aromatic N) is 1. The number of rotatable bonds is 4. The fourth-order valence-corrected chi connectivity index (χ4v) is 3.07. The molecule has 106 valence electrons. The second-order valence-corrected chi connectivity index (χ2v) is 5.68. The Hall–Kier alpha value is -1.06. The molecule has 0 aliphatic carbocycles. The van der Waals surface area contributed by atoms with Gasteiger partial charge in [-0.15, -0.1) is 0 Å². The first-order chi connectivity index (χ1) is 9.06. The molecule has 1 heterocycles. The van der Waals surface area contributed by atoms with Gasteiger partial charge in [0.25, 0.3) is 0 Å². The smallest absolute Gasteiger partial charge is 0.122 e. The number of β-amino-alcohol motifs (C(OH)–C–C–N with tert-alkyl or cyclic N) is 1. The summed E-state index contributed by atoms with van der Waals surface area (Å²) in [5.74, 6) is 1.52. The first kappa shape index (κ1) is 14.4. The number of ether oxygens (including phenoxy) is 1. The van der Waals surface area contributed by atoms with Crippen molar-refractivity contribution < 1.29 is 9.84 Å². The third-order valence-corrected chi connectivity index (χ3v) is 4.38. The summed E-state index contributed by atoms with van der Waals surface area (Å²) in [4.78, 5) is 2.36. The van der Waals surface area contributed by atoms with Crippen molar-refractivity contribution in [3.05, 3.63) is 28.8 Å². The zero-order valence-corrected chi connectivity index (χ0v) is 12.4. The topological polar surface area (TPSA) is 32.7 Å². The standard InChI is InChI=1S/C16H25NO2/c1-11-7-15(16(19-4)8-12(11)2)14-9-13(3)17(10-14)5-6-18/h7-8,13-14,18H,5-6,9-10H2,1-4H3. The van der Waals surface area contributed by atoms with Crippen LogP contribution in [0.1, 0.15) is 36.0 Å². The van der Waals surface area contributed by atoms with Crippen molar-refractivity contribution in [1.29, 1.82) is 0 Å². The molecule has 0 amide bonds. The lowest BCUT2D eigenvalue weighted by Gasteiger charge is -2.19. The van der Waals surface area contributed by atoms with Gasteiger partial charge in [0.15, 0.2) is 0 Å². The predicted octanol–water partition coefficient (Wildman–Crippen LogP) is 2.48. The van der Waals surface area contributed by atoms with E-state index >= 15 is 0 Å². The van der Waals surface area contributed by atoms with E-state index in [2.05, 4.69) is 37.8 Å². The van der Waals surface area contributed by atoms with Crippen LogP contribution in [0.4, 0.5) is 0 Å². The number of aliphatic hydroxyl groups excluding tert-OH is 1. The van der Waals surface area contributed by atoms with Gasteiger partial charge in [-0.1, -0.05) is 6.07 Å². The Kier molecular flexibility index (Phi) is 4.48. The molecule has 1 aromatic rings. The monoisotopic (exact) mass is 263 g/mol. The summed E-state index contributed by atoms with van der Waals surface area (Å²) in [5, 5.41) is 9.12. The molecule has 2 atom stereocenters. The van der Waals surface area contributed by atoms with Gasteiger partial charge in [0.05, 0.1) is 13.7 Å². The molecule has 3 nitrogen and oxygen atoms in total. The van der Waals surface area contributed by atoms with Crippen LogP contribution in [0.15, 0.2) is 12.1 Å². The van der Waals surface area contributed by atoms with Crippen LogP contribution in [-0.2, 0) is 0 Å². The van der Waals surface area contributed by atoms with Crippen molar-refractivity contribution in [3.8, 4) is 5.75 Å². The molecular weight excluding hydrogens is 238 g/mol. The maximum absolute atomic E-state index is 9.12. The van der Waals surface area contributed by atoms with E-state index in [-0.39, 0.29) is 6.61 Å². The molecule has 1 aromatic carbocycles. The molecule has 2 rings (SSSR count). The van der Waals surface area contributed by atoms with Crippen molar-refractivity contribution in [2.45, 2.75) is 39.2 Å². The van der Waals surface area contributed by atoms with Crippen molar-refractivity contribution in [2.24, 2.45) is 0 Å². The summed E-state index contributed by atoms with van der Waals surface area (Å²) in [6, 6.07) is 4.95. The van der Waals surface area contributed by atoms with E-state index in [1.165, 1.54) is 16.7 Å². The van der Waals surface area contributed by atoms with Gasteiger partial charge in [0.1, 0.15) is 5.75 Å². The molecule has 19 heavy (non-hydrogen) atoms. The third kappa shape index (κ3) is 2.93. The fourth-order valence-electron chi connectivity index (χ4n) is 3.07. The molecule has 2 unspecified atom stereocenters. The Morgan fingerprint density at radius 2 is 2.00 bits per heavy atom. The van der Waals surface area contributed by atoms with E-state index in [9.17, 15) is 0 Å². The Labute approximate surface area is 116 Å². The van der Waals surface area contributed by atoms with E-state index in [1.54, 1.807) is 7.11 Å². The molecule has 0 aromatic heterocycles. The van der Waals surface area contributed by atoms with Crippen LogP contribution in [0, 0.1) is 13.8 Å². The highest BCUT2D eigenvalue weighted by Gasteiger charge is 2.31. The van der Waals surface area contributed by atoms with Crippen LogP contribution in [0.25, 0.3) is 0 Å². The largest absolute Gasteiger partial charge is 0.496 e. The van der Waals surface area contributed by atoms with Crippen molar-refractivity contribution in [1.82, 2.24) is 4.90 Å². The second-order valence-electron chi connectivity index (χ2n) is 5.68. The van der Waals surface area contributed by atoms with Gasteiger partial charge in [-0.25, -0.2) is 0 Å². The quantitative estimate of drug-likeness (QED) is 0.906. The summed E-state index contributed by atoms with van der Waals surface area (Å²) in [5.41, 5.74) is 3.92. The number of hydrogen-bond acceptors (Lipinski definition) is 3. The fraction of sp³-hybridized carbons (Fsp3) is 0.625. The summed E-state index contributed by atoms with van der Waals surface area (Å²) in [6.45, 7) is 8.54. The van der Waals surface area contributed by atoms with Gasteiger partial charge >= 0.3 is 0 Å². The Balaban J connectivity index is 2.25. The van der Waals surface area contributed by atoms with Gasteiger partial charge in [0, 0.05) is 25.0 Å². The van der Waals surface area contributed by atoms with Crippen molar-refractivity contribution >= 4 is 0 Å². The van der Waals surface area contributed by atoms with Crippen molar-refractivity contribution in [3.63, 3.8) is 0 Å². The molecule has 1 fully saturated rings. The minimum Gasteiger partial charge on any atom is -0.496 e. The van der Waals surface area contributed by atoms with Crippen LogP contribution in [0.3, 0.4) is 0 Å². The van der Waals surface area contributed by atoms with Gasteiger partial charge in [-0.2, -0.15) is 0 Å². The molecule has 0 spiro atoms. The summed E-state index contributed by atoms with van der Waals surface area (Å²) >= 11 is 0. The van der Waals surface area contributed by atoms with E-state index < -0.39 is 0 Å². The Bertz CT molecular complexity index is 445. The summed E-state index contributed by atoms with van der Waals surface area (Å²) in [7, 11) is 1.75. The number of aryl methyl sites for hydroxylation is 2. The zero-order chi connectivity index (χ0) is 14.0. The highest BCUT2D eigenvalue weighted by molar-refractivity contribution is 5.44. The van der Waals surface area contributed by atoms with Crippen LogP contribution >= 0.6 is 0 Å². The first-order valence-electron chi connectivity index (χ1n) is 7.06. The van der Waals surface area contributed by atoms with E-state index in [1.807, 2.05) is 0 Å². The van der Waals surface area contributed by atoms with Crippen LogP contribution in [0.2, 0.25) is 0 Å². The molecule has 1 aliphatic heterocycles. The average Bonchev–Trinajstić information content (AvgIpc) is 2.74. The molecule has 0 radical (unpaired) electrons. The van der Waals surface area contributed by atoms with Gasteiger partial charge in [0.2, 0.25) is 0 Å². The lowest BCUT2D eigenvalue weighted by Crippen LogP contribution is -2.29. The SMILES string of the molecule is COc1cc(C)c(C)cc1C1CC(C)N(CCO)C1. The molecule has 1 saturated heterocycles. The molecular formula is C16H25NO2. The minimum atomic E-state index is 0.237. The van der Waals surface area contributed by atoms with Gasteiger partial charge < -0.3 is 9.84 Å². The van der Waals surface area contributed by atoms with E-state index in [4.69, 9.17) is 9.84 Å². The van der Waals surface area contributed by atoms with Gasteiger partial charge in [-0.05, 0) is 49.9 Å². The third-order valence-electron chi connectivity index (χ3n) is 4.38. The number of likely N-dealkylation sites (tertiary alicyclic amines) is 1. The maximum atomic E-state index is 9.12. The number of benzene rings is 1. The Morgan fingerprint density at radius 3 is 2.63 bits per heavy atom. The minimum absolute atomic E-state index is 0.237. The first-order valence-corrected chi connectivity index (χ1v) is 7.06. The Morgan fingerprint density at radius 1 is 1.32 bits per heavy atom. The lowest BCUT2D eigenvalue weighted by molar-refractivity contribution is 0.191. The number of hydrogen-bond donors (Lipinski definition) is 1. The highest BCUT2D eigenvalue weighted by Crippen LogP contribution is 2.37. The van der Waals surface area contributed by atoms with Crippen LogP contribution < -0.4 is 4.74 Å². The summed E-state index contributed by atoms with van der Waals surface area (Å²) < 4.78 is 5.56. The normalized spacial score (nSPS) is 23.8. The summed E-state index contributed by atoms with van der Waals surface area (Å²) in [6.07, 6.45) is 1.14. The highest BCUT2D eigenvalue weighted by atomic mass is 16.5. The molecule has 1 aliphatic rings. The number of methoxy groups -OCH3 is 1. The lowest BCUT2D eigenvalue weighted by atomic mass is 9.92. The molecule has 1 N–H and O–H groups in total. The van der Waals surface area contributed by atoms with Crippen LogP contribution in [-0.4, -0.2) is 42.9 Å². The van der Waals surface area contributed by atoms with E-state index in [0.29, 0.717) is 12.0 Å². The number of aliphatic hydroxyl groups is 1. The van der Waals surface area contributed by atoms with Gasteiger partial charge in [-0.3, -0.25) is 4.90 Å². The predicted molar refractivity (Wildman–Crippen MR) is 77.9 cm³/mol. The van der Waals surface area contributed by atoms with Crippen molar-refractivity contribution in [2.75, 3.05) is 26.8 Å². The zero-order valence-electron chi connectivity index (χ0n) is 12.4. The molecule has 0 bridgehead atoms. The van der Waals surface area contributed by atoms with Crippen LogP contribution in [0.5, 0.6) is 5.75 Å². The average molecular weight is 263 g/mol. The molecule has 0 saturated carbocycles. The maximum Gasteiger partial charge on any atom is 0.122 e. The second kappa shape index (κ2) is 5.93.